The number of nitrogens with zero attached hydrogens (tertiary/aromatic N) is 1. The Bertz CT molecular complexity index is 704. The van der Waals surface area contributed by atoms with Gasteiger partial charge in [-0.05, 0) is 37.1 Å². The quantitative estimate of drug-likeness (QED) is 0.755. The molecule has 5 heteroatoms. The van der Waals surface area contributed by atoms with Gasteiger partial charge in [-0.3, -0.25) is 9.69 Å². The van der Waals surface area contributed by atoms with Crippen molar-refractivity contribution >= 4 is 5.91 Å². The van der Waals surface area contributed by atoms with Crippen molar-refractivity contribution < 1.29 is 4.79 Å². The van der Waals surface area contributed by atoms with Crippen molar-refractivity contribution in [1.82, 2.24) is 21.1 Å². The van der Waals surface area contributed by atoms with Gasteiger partial charge >= 0.3 is 0 Å². The number of rotatable bonds is 6. The predicted molar refractivity (Wildman–Crippen MR) is 99.5 cm³/mol. The van der Waals surface area contributed by atoms with Crippen LogP contribution in [-0.4, -0.2) is 30.6 Å². The molecule has 3 rings (SSSR count). The number of hydrogen-bond acceptors (Lipinski definition) is 4. The van der Waals surface area contributed by atoms with E-state index >= 15 is 0 Å². The summed E-state index contributed by atoms with van der Waals surface area (Å²) in [5.74, 6) is 0.0377. The smallest absolute Gasteiger partial charge is 0.234 e. The maximum atomic E-state index is 12.2. The number of amides is 1. The lowest BCUT2D eigenvalue weighted by molar-refractivity contribution is -0.122. The average Bonchev–Trinajstić information content (AvgIpc) is 3.12. The number of aryl methyl sites for hydroxylation is 1. The Morgan fingerprint density at radius 1 is 1.12 bits per heavy atom. The molecule has 3 N–H and O–H groups in total. The summed E-state index contributed by atoms with van der Waals surface area (Å²) in [6.07, 6.45) is 1.06. The maximum absolute atomic E-state index is 12.2. The summed E-state index contributed by atoms with van der Waals surface area (Å²) in [6, 6.07) is 18.7. The Morgan fingerprint density at radius 2 is 1.84 bits per heavy atom. The van der Waals surface area contributed by atoms with Gasteiger partial charge in [-0.1, -0.05) is 54.6 Å². The molecule has 0 spiro atoms. The minimum absolute atomic E-state index is 0.0377. The van der Waals surface area contributed by atoms with Crippen LogP contribution in [0.1, 0.15) is 29.2 Å². The third kappa shape index (κ3) is 4.66. The van der Waals surface area contributed by atoms with Crippen molar-refractivity contribution in [3.8, 4) is 0 Å². The van der Waals surface area contributed by atoms with E-state index in [0.717, 1.165) is 12.0 Å². The van der Waals surface area contributed by atoms with Gasteiger partial charge in [0.1, 0.15) is 0 Å². The summed E-state index contributed by atoms with van der Waals surface area (Å²) >= 11 is 0. The van der Waals surface area contributed by atoms with Gasteiger partial charge in [0.05, 0.1) is 12.7 Å². The van der Waals surface area contributed by atoms with E-state index in [1.807, 2.05) is 48.3 Å². The molecule has 2 aromatic carbocycles. The summed E-state index contributed by atoms with van der Waals surface area (Å²) in [5, 5.41) is 3.01. The molecule has 1 aliphatic rings. The Balaban J connectivity index is 1.47. The van der Waals surface area contributed by atoms with Gasteiger partial charge < -0.3 is 5.32 Å². The van der Waals surface area contributed by atoms with Gasteiger partial charge in [-0.2, -0.15) is 0 Å². The second kappa shape index (κ2) is 8.25. The maximum Gasteiger partial charge on any atom is 0.234 e. The van der Waals surface area contributed by atoms with Crippen LogP contribution in [0.15, 0.2) is 54.6 Å². The van der Waals surface area contributed by atoms with Gasteiger partial charge in [0.25, 0.3) is 0 Å². The van der Waals surface area contributed by atoms with Crippen molar-refractivity contribution in [3.05, 3.63) is 71.3 Å². The molecule has 132 valence electrons. The molecule has 1 aliphatic heterocycles. The fourth-order valence-electron chi connectivity index (χ4n) is 3.13. The molecule has 1 saturated heterocycles. The molecule has 2 unspecified atom stereocenters. The van der Waals surface area contributed by atoms with E-state index in [0.29, 0.717) is 13.1 Å². The van der Waals surface area contributed by atoms with Crippen molar-refractivity contribution in [2.45, 2.75) is 32.1 Å². The minimum Gasteiger partial charge on any atom is -0.351 e. The Labute approximate surface area is 149 Å². The van der Waals surface area contributed by atoms with Crippen LogP contribution in [0.25, 0.3) is 0 Å². The Kier molecular flexibility index (Phi) is 5.81. The monoisotopic (exact) mass is 338 g/mol. The summed E-state index contributed by atoms with van der Waals surface area (Å²) < 4.78 is 0. The van der Waals surface area contributed by atoms with Gasteiger partial charge in [0.15, 0.2) is 0 Å². The standard InChI is InChI=1S/C20H26N4O/c1-15-8-6-7-11-17(15)13-21-20(25)14-24(2)19-12-18(22-23-19)16-9-4-3-5-10-16/h3-11,18-19,22-23H,12-14H2,1-2H3,(H,21,25). The molecule has 1 heterocycles. The lowest BCUT2D eigenvalue weighted by Gasteiger charge is -2.23. The normalized spacial score (nSPS) is 20.0. The van der Waals surface area contributed by atoms with Crippen LogP contribution in [0.3, 0.4) is 0 Å². The highest BCUT2D eigenvalue weighted by Gasteiger charge is 2.28. The number of carbonyl (C=O) groups is 1. The third-order valence-corrected chi connectivity index (χ3v) is 4.75. The zero-order valence-electron chi connectivity index (χ0n) is 14.8. The molecule has 25 heavy (non-hydrogen) atoms. The van der Waals surface area contributed by atoms with Crippen LogP contribution in [0.2, 0.25) is 0 Å². The number of nitrogens with one attached hydrogen (secondary N) is 3. The van der Waals surface area contributed by atoms with E-state index in [1.54, 1.807) is 0 Å². The van der Waals surface area contributed by atoms with Crippen LogP contribution < -0.4 is 16.2 Å². The summed E-state index contributed by atoms with van der Waals surface area (Å²) in [4.78, 5) is 14.3. The van der Waals surface area contributed by atoms with Gasteiger partial charge in [-0.25, -0.2) is 10.9 Å². The topological polar surface area (TPSA) is 56.4 Å². The SMILES string of the molecule is Cc1ccccc1CNC(=O)CN(C)C1CC(c2ccccc2)NN1. The Morgan fingerprint density at radius 3 is 2.60 bits per heavy atom. The van der Waals surface area contributed by atoms with E-state index in [1.165, 1.54) is 11.1 Å². The lowest BCUT2D eigenvalue weighted by atomic mass is 10.0. The van der Waals surface area contributed by atoms with E-state index in [4.69, 9.17) is 0 Å². The molecular weight excluding hydrogens is 312 g/mol. The van der Waals surface area contributed by atoms with Crippen LogP contribution in [0, 0.1) is 6.92 Å². The zero-order valence-corrected chi connectivity index (χ0v) is 14.8. The summed E-state index contributed by atoms with van der Waals surface area (Å²) in [6.45, 7) is 3.00. The van der Waals surface area contributed by atoms with E-state index in [9.17, 15) is 4.79 Å². The molecule has 2 atom stereocenters. The number of carbonyl (C=O) groups excluding carboxylic acids is 1. The molecule has 0 aromatic heterocycles. The largest absolute Gasteiger partial charge is 0.351 e. The molecule has 1 amide bonds. The molecule has 1 fully saturated rings. The van der Waals surface area contributed by atoms with Crippen LogP contribution in [-0.2, 0) is 11.3 Å². The second-order valence-electron chi connectivity index (χ2n) is 6.62. The van der Waals surface area contributed by atoms with Crippen LogP contribution in [0.5, 0.6) is 0 Å². The van der Waals surface area contributed by atoms with Crippen molar-refractivity contribution in [3.63, 3.8) is 0 Å². The predicted octanol–water partition coefficient (Wildman–Crippen LogP) is 2.11. The molecule has 0 radical (unpaired) electrons. The molecule has 0 aliphatic carbocycles. The van der Waals surface area contributed by atoms with Gasteiger partial charge in [0, 0.05) is 12.6 Å². The average molecular weight is 338 g/mol. The summed E-state index contributed by atoms with van der Waals surface area (Å²) in [5.41, 5.74) is 10.2. The molecule has 0 bridgehead atoms. The minimum atomic E-state index is 0.0377. The lowest BCUT2D eigenvalue weighted by Crippen LogP contribution is -2.46. The first-order chi connectivity index (χ1) is 12.1. The first kappa shape index (κ1) is 17.6. The van der Waals surface area contributed by atoms with Crippen molar-refractivity contribution in [2.75, 3.05) is 13.6 Å². The van der Waals surface area contributed by atoms with E-state index in [2.05, 4.69) is 41.3 Å². The number of likely N-dealkylation sites (N-methyl/N-ethyl adjacent to an activating group) is 1. The number of hydrogen-bond donors (Lipinski definition) is 3. The van der Waals surface area contributed by atoms with Gasteiger partial charge in [-0.15, -0.1) is 0 Å². The van der Waals surface area contributed by atoms with Crippen LogP contribution >= 0.6 is 0 Å². The highest BCUT2D eigenvalue weighted by atomic mass is 16.2. The highest BCUT2D eigenvalue weighted by molar-refractivity contribution is 5.78. The Hall–Kier alpha value is -2.21. The second-order valence-corrected chi connectivity index (χ2v) is 6.62. The molecular formula is C20H26N4O. The number of benzene rings is 2. The third-order valence-electron chi connectivity index (χ3n) is 4.75. The fourth-order valence-corrected chi connectivity index (χ4v) is 3.13. The fraction of sp³-hybridized carbons (Fsp3) is 0.350. The van der Waals surface area contributed by atoms with Crippen molar-refractivity contribution in [1.29, 1.82) is 0 Å². The van der Waals surface area contributed by atoms with E-state index in [-0.39, 0.29) is 18.1 Å². The molecule has 0 saturated carbocycles. The molecule has 2 aromatic rings. The first-order valence-corrected chi connectivity index (χ1v) is 8.71. The summed E-state index contributed by atoms with van der Waals surface area (Å²) in [7, 11) is 1.97. The number of hydrazine groups is 1. The van der Waals surface area contributed by atoms with Gasteiger partial charge in [0.2, 0.25) is 5.91 Å². The van der Waals surface area contributed by atoms with E-state index < -0.39 is 0 Å². The first-order valence-electron chi connectivity index (χ1n) is 8.71. The zero-order chi connectivity index (χ0) is 17.6. The molecule has 5 nitrogen and oxygen atoms in total. The highest BCUT2D eigenvalue weighted by Crippen LogP contribution is 2.22. The van der Waals surface area contributed by atoms with Crippen LogP contribution in [0.4, 0.5) is 0 Å². The van der Waals surface area contributed by atoms with Crippen molar-refractivity contribution in [2.24, 2.45) is 0 Å².